The fraction of sp³-hybridized carbons (Fsp3) is 0.889. The lowest BCUT2D eigenvalue weighted by Crippen LogP contribution is -2.41. The summed E-state index contributed by atoms with van der Waals surface area (Å²) < 4.78 is 5.52. The van der Waals surface area contributed by atoms with Gasteiger partial charge in [-0.2, -0.15) is 0 Å². The molecule has 0 aliphatic heterocycles. The Bertz CT molecular complexity index is 361. The number of aliphatic imine (C=N–C) groups is 1. The summed E-state index contributed by atoms with van der Waals surface area (Å²) in [6.07, 6.45) is 9.77. The van der Waals surface area contributed by atoms with E-state index in [4.69, 9.17) is 4.74 Å². The zero-order valence-corrected chi connectivity index (χ0v) is 18.3. The van der Waals surface area contributed by atoms with Crippen LogP contribution in [0.1, 0.15) is 64.7 Å². The van der Waals surface area contributed by atoms with Gasteiger partial charge in [-0.1, -0.05) is 32.6 Å². The molecule has 1 rings (SSSR count). The zero-order chi connectivity index (χ0) is 17.5. The third-order valence-electron chi connectivity index (χ3n) is 4.24. The SMILES string of the molecule is CCCCOCCCNC(=NC)NCCC(=O)NC1CCCCC1.I. The summed E-state index contributed by atoms with van der Waals surface area (Å²) in [6, 6.07) is 0.386. The van der Waals surface area contributed by atoms with Crippen molar-refractivity contribution in [3.05, 3.63) is 0 Å². The van der Waals surface area contributed by atoms with Crippen LogP contribution in [0, 0.1) is 0 Å². The molecule has 3 N–H and O–H groups in total. The fourth-order valence-electron chi connectivity index (χ4n) is 2.79. The Morgan fingerprint density at radius 2 is 1.76 bits per heavy atom. The molecule has 0 aromatic rings. The van der Waals surface area contributed by atoms with Crippen LogP contribution < -0.4 is 16.0 Å². The number of carbonyl (C=O) groups is 1. The molecule has 0 spiro atoms. The Hall–Kier alpha value is -0.570. The van der Waals surface area contributed by atoms with Gasteiger partial charge in [0.25, 0.3) is 0 Å². The van der Waals surface area contributed by atoms with E-state index in [-0.39, 0.29) is 29.9 Å². The molecule has 1 fully saturated rings. The second kappa shape index (κ2) is 16.9. The van der Waals surface area contributed by atoms with Crippen molar-refractivity contribution in [1.82, 2.24) is 16.0 Å². The fourth-order valence-corrected chi connectivity index (χ4v) is 2.79. The number of hydrogen-bond donors (Lipinski definition) is 3. The minimum atomic E-state index is 0. The van der Waals surface area contributed by atoms with Gasteiger partial charge in [-0.05, 0) is 25.7 Å². The summed E-state index contributed by atoms with van der Waals surface area (Å²) in [4.78, 5) is 16.1. The second-order valence-corrected chi connectivity index (χ2v) is 6.40. The van der Waals surface area contributed by atoms with Crippen LogP contribution in [0.2, 0.25) is 0 Å². The molecule has 1 aliphatic rings. The highest BCUT2D eigenvalue weighted by Crippen LogP contribution is 2.17. The Morgan fingerprint density at radius 1 is 1.08 bits per heavy atom. The first kappa shape index (κ1) is 24.4. The van der Waals surface area contributed by atoms with Crippen LogP contribution >= 0.6 is 24.0 Å². The molecule has 25 heavy (non-hydrogen) atoms. The monoisotopic (exact) mass is 468 g/mol. The van der Waals surface area contributed by atoms with E-state index in [9.17, 15) is 4.79 Å². The third-order valence-corrected chi connectivity index (χ3v) is 4.24. The van der Waals surface area contributed by atoms with E-state index in [0.717, 1.165) is 51.4 Å². The summed E-state index contributed by atoms with van der Waals surface area (Å²) in [5.41, 5.74) is 0. The van der Waals surface area contributed by atoms with Crippen molar-refractivity contribution in [1.29, 1.82) is 0 Å². The molecule has 0 unspecified atom stereocenters. The van der Waals surface area contributed by atoms with E-state index < -0.39 is 0 Å². The normalized spacial score (nSPS) is 15.4. The van der Waals surface area contributed by atoms with E-state index in [1.807, 2.05) is 0 Å². The van der Waals surface area contributed by atoms with Gasteiger partial charge in [0.2, 0.25) is 5.91 Å². The number of hydrogen-bond acceptors (Lipinski definition) is 3. The third kappa shape index (κ3) is 13.3. The van der Waals surface area contributed by atoms with Gasteiger partial charge in [-0.15, -0.1) is 24.0 Å². The van der Waals surface area contributed by atoms with E-state index >= 15 is 0 Å². The molecule has 0 radical (unpaired) electrons. The second-order valence-electron chi connectivity index (χ2n) is 6.40. The van der Waals surface area contributed by atoms with E-state index in [2.05, 4.69) is 27.9 Å². The highest BCUT2D eigenvalue weighted by molar-refractivity contribution is 14.0. The van der Waals surface area contributed by atoms with Crippen LogP contribution in [-0.4, -0.2) is 51.3 Å². The predicted octanol–water partition coefficient (Wildman–Crippen LogP) is 2.82. The number of ether oxygens (including phenoxy) is 1. The Morgan fingerprint density at radius 3 is 2.44 bits per heavy atom. The van der Waals surface area contributed by atoms with Crippen LogP contribution in [0.4, 0.5) is 0 Å². The van der Waals surface area contributed by atoms with Gasteiger partial charge >= 0.3 is 0 Å². The maximum absolute atomic E-state index is 11.9. The minimum absolute atomic E-state index is 0. The van der Waals surface area contributed by atoms with Crippen LogP contribution in [0.25, 0.3) is 0 Å². The Balaban J connectivity index is 0.00000576. The molecule has 148 valence electrons. The average Bonchev–Trinajstić information content (AvgIpc) is 2.60. The van der Waals surface area contributed by atoms with Gasteiger partial charge in [0.05, 0.1) is 0 Å². The number of carbonyl (C=O) groups excluding carboxylic acids is 1. The van der Waals surface area contributed by atoms with E-state index in [0.29, 0.717) is 19.0 Å². The first-order valence-corrected chi connectivity index (χ1v) is 9.58. The van der Waals surface area contributed by atoms with Crippen LogP contribution in [0.15, 0.2) is 4.99 Å². The first-order valence-electron chi connectivity index (χ1n) is 9.58. The molecule has 1 aliphatic carbocycles. The summed E-state index contributed by atoms with van der Waals surface area (Å²) in [5, 5.41) is 9.56. The zero-order valence-electron chi connectivity index (χ0n) is 15.9. The smallest absolute Gasteiger partial charge is 0.221 e. The molecular weight excluding hydrogens is 431 g/mol. The first-order chi connectivity index (χ1) is 11.8. The number of nitrogens with zero attached hydrogens (tertiary/aromatic N) is 1. The molecule has 0 heterocycles. The highest BCUT2D eigenvalue weighted by Gasteiger charge is 2.15. The molecule has 6 nitrogen and oxygen atoms in total. The highest BCUT2D eigenvalue weighted by atomic mass is 127. The number of amides is 1. The van der Waals surface area contributed by atoms with Gasteiger partial charge in [-0.3, -0.25) is 9.79 Å². The van der Waals surface area contributed by atoms with Crippen molar-refractivity contribution in [3.8, 4) is 0 Å². The molecule has 1 amide bonds. The van der Waals surface area contributed by atoms with Crippen molar-refractivity contribution in [2.75, 3.05) is 33.4 Å². The molecule has 7 heteroatoms. The maximum Gasteiger partial charge on any atom is 0.221 e. The molecule has 0 aromatic heterocycles. The number of nitrogens with one attached hydrogen (secondary N) is 3. The number of halogens is 1. The predicted molar refractivity (Wildman–Crippen MR) is 115 cm³/mol. The lowest BCUT2D eigenvalue weighted by atomic mass is 9.95. The van der Waals surface area contributed by atoms with Crippen LogP contribution in [0.5, 0.6) is 0 Å². The minimum Gasteiger partial charge on any atom is -0.381 e. The molecule has 0 aromatic carbocycles. The maximum atomic E-state index is 11.9. The van der Waals surface area contributed by atoms with E-state index in [1.165, 1.54) is 25.7 Å². The summed E-state index contributed by atoms with van der Waals surface area (Å²) in [7, 11) is 1.75. The Labute approximate surface area is 170 Å². The van der Waals surface area contributed by atoms with Crippen molar-refractivity contribution in [3.63, 3.8) is 0 Å². The quantitative estimate of drug-likeness (QED) is 0.189. The van der Waals surface area contributed by atoms with Gasteiger partial charge in [-0.25, -0.2) is 0 Å². The Kier molecular flexibility index (Phi) is 16.5. The topological polar surface area (TPSA) is 74.8 Å². The van der Waals surface area contributed by atoms with Crippen LogP contribution in [-0.2, 0) is 9.53 Å². The molecule has 0 atom stereocenters. The number of unbranched alkanes of at least 4 members (excludes halogenated alkanes) is 1. The van der Waals surface area contributed by atoms with Gasteiger partial charge in [0.15, 0.2) is 5.96 Å². The molecule has 0 bridgehead atoms. The molecule has 0 saturated heterocycles. The summed E-state index contributed by atoms with van der Waals surface area (Å²) >= 11 is 0. The summed E-state index contributed by atoms with van der Waals surface area (Å²) in [5.74, 6) is 0.878. The van der Waals surface area contributed by atoms with Crippen molar-refractivity contribution in [2.24, 2.45) is 4.99 Å². The number of rotatable bonds is 11. The van der Waals surface area contributed by atoms with E-state index in [1.54, 1.807) is 7.05 Å². The lowest BCUT2D eigenvalue weighted by molar-refractivity contribution is -0.121. The molecule has 1 saturated carbocycles. The summed E-state index contributed by atoms with van der Waals surface area (Å²) in [6.45, 7) is 5.20. The van der Waals surface area contributed by atoms with Crippen molar-refractivity contribution >= 4 is 35.8 Å². The van der Waals surface area contributed by atoms with Gasteiger partial charge < -0.3 is 20.7 Å². The van der Waals surface area contributed by atoms with Gasteiger partial charge in [0.1, 0.15) is 0 Å². The van der Waals surface area contributed by atoms with Gasteiger partial charge in [0, 0.05) is 45.8 Å². The van der Waals surface area contributed by atoms with Crippen molar-refractivity contribution in [2.45, 2.75) is 70.8 Å². The molecular formula is C18H37IN4O2. The van der Waals surface area contributed by atoms with Crippen molar-refractivity contribution < 1.29 is 9.53 Å². The van der Waals surface area contributed by atoms with Crippen LogP contribution in [0.3, 0.4) is 0 Å². The standard InChI is InChI=1S/C18H36N4O2.HI/c1-3-4-14-24-15-8-12-20-18(19-2)21-13-11-17(23)22-16-9-6-5-7-10-16;/h16H,3-15H2,1-2H3,(H,22,23)(H2,19,20,21);1H. The number of guanidine groups is 1. The average molecular weight is 468 g/mol. The lowest BCUT2D eigenvalue weighted by Gasteiger charge is -2.22. The largest absolute Gasteiger partial charge is 0.381 e.